The first kappa shape index (κ1) is 21.4. The van der Waals surface area contributed by atoms with Crippen molar-refractivity contribution >= 4 is 10.0 Å². The number of sulfonamides is 1. The third-order valence-electron chi connectivity index (χ3n) is 4.88. The Morgan fingerprint density at radius 2 is 1.86 bits per heavy atom. The van der Waals surface area contributed by atoms with Gasteiger partial charge in [-0.15, -0.1) is 0 Å². The van der Waals surface area contributed by atoms with E-state index in [4.69, 9.17) is 9.88 Å². The highest BCUT2D eigenvalue weighted by Gasteiger charge is 2.51. The van der Waals surface area contributed by atoms with Crippen LogP contribution in [0.3, 0.4) is 0 Å². The van der Waals surface area contributed by atoms with Gasteiger partial charge in [0.25, 0.3) is 15.1 Å². The minimum absolute atomic E-state index is 0.0645. The molecule has 0 spiro atoms. The minimum Gasteiger partial charge on any atom is -0.507 e. The summed E-state index contributed by atoms with van der Waals surface area (Å²) in [5.74, 6) is -0.625. The molecule has 3 rings (SSSR count). The van der Waals surface area contributed by atoms with Crippen LogP contribution >= 0.6 is 0 Å². The molecule has 3 N–H and O–H groups in total. The van der Waals surface area contributed by atoms with Gasteiger partial charge in [-0.25, -0.2) is 17.9 Å². The Bertz CT molecular complexity index is 992. The van der Waals surface area contributed by atoms with E-state index >= 15 is 0 Å². The van der Waals surface area contributed by atoms with E-state index in [1.165, 1.54) is 24.3 Å². The smallest absolute Gasteiger partial charge is 0.270 e. The van der Waals surface area contributed by atoms with Gasteiger partial charge in [0.2, 0.25) is 0 Å². The van der Waals surface area contributed by atoms with Crippen LogP contribution in [0.25, 0.3) is 11.1 Å². The summed E-state index contributed by atoms with van der Waals surface area (Å²) in [4.78, 5) is 1.62. The van der Waals surface area contributed by atoms with Gasteiger partial charge < -0.3 is 9.84 Å². The first-order chi connectivity index (χ1) is 13.8. The largest absolute Gasteiger partial charge is 0.507 e. The van der Waals surface area contributed by atoms with Crippen LogP contribution in [0.15, 0.2) is 54.6 Å². The van der Waals surface area contributed by atoms with Crippen molar-refractivity contribution in [3.05, 3.63) is 66.0 Å². The molecule has 0 saturated carbocycles. The van der Waals surface area contributed by atoms with Gasteiger partial charge in [0.05, 0.1) is 12.2 Å². The second-order valence-electron chi connectivity index (χ2n) is 6.92. The molecule has 1 aliphatic heterocycles. The number of benzene rings is 2. The molecule has 0 aliphatic carbocycles. The van der Waals surface area contributed by atoms with Crippen molar-refractivity contribution in [1.82, 2.24) is 4.90 Å². The SMILES string of the molecule is CCCOC(c1ccc(-c2ccc(F)cc2)cc1O)(N1CC=CCC1)S(N)(=O)=O. The summed E-state index contributed by atoms with van der Waals surface area (Å²) in [6.07, 6.45) is 5.03. The molecule has 6 nitrogen and oxygen atoms in total. The molecule has 2 aromatic rings. The fraction of sp³-hybridized carbons (Fsp3) is 0.333. The van der Waals surface area contributed by atoms with Crippen LogP contribution in [0.5, 0.6) is 5.75 Å². The Labute approximate surface area is 170 Å². The number of hydrogen-bond donors (Lipinski definition) is 2. The number of hydrogen-bond acceptors (Lipinski definition) is 5. The topological polar surface area (TPSA) is 92.9 Å². The molecule has 0 aromatic heterocycles. The number of phenolic OH excluding ortho intramolecular Hbond substituents is 1. The number of nitrogens with zero attached hydrogens (tertiary/aromatic N) is 1. The van der Waals surface area contributed by atoms with Crippen molar-refractivity contribution in [3.8, 4) is 16.9 Å². The maximum Gasteiger partial charge on any atom is 0.270 e. The second kappa shape index (κ2) is 8.62. The summed E-state index contributed by atoms with van der Waals surface area (Å²) >= 11 is 0. The molecular weight excluding hydrogens is 395 g/mol. The maximum absolute atomic E-state index is 13.2. The monoisotopic (exact) mass is 420 g/mol. The van der Waals surface area contributed by atoms with Crippen molar-refractivity contribution in [1.29, 1.82) is 0 Å². The number of primary sulfonamides is 1. The van der Waals surface area contributed by atoms with Gasteiger partial charge in [-0.1, -0.05) is 37.3 Å². The molecule has 1 aliphatic rings. The number of aromatic hydroxyl groups is 1. The zero-order valence-electron chi connectivity index (χ0n) is 16.2. The third kappa shape index (κ3) is 4.20. The predicted octanol–water partition coefficient (Wildman–Crippen LogP) is 3.29. The summed E-state index contributed by atoms with van der Waals surface area (Å²) in [6.45, 7) is 2.74. The normalized spacial score (nSPS) is 17.2. The predicted molar refractivity (Wildman–Crippen MR) is 110 cm³/mol. The molecule has 1 unspecified atom stereocenters. The Morgan fingerprint density at radius 1 is 1.17 bits per heavy atom. The number of phenols is 1. The Kier molecular flexibility index (Phi) is 6.38. The van der Waals surface area contributed by atoms with Crippen molar-refractivity contribution in [2.24, 2.45) is 5.14 Å². The van der Waals surface area contributed by atoms with Gasteiger partial charge in [-0.2, -0.15) is 0 Å². The molecule has 0 bridgehead atoms. The van der Waals surface area contributed by atoms with Gasteiger partial charge in [-0.3, -0.25) is 4.90 Å². The summed E-state index contributed by atoms with van der Waals surface area (Å²) in [7, 11) is -4.30. The zero-order chi connectivity index (χ0) is 21.1. The summed E-state index contributed by atoms with van der Waals surface area (Å²) in [5.41, 5.74) is 1.36. The standard InChI is InChI=1S/C21H25FN2O4S/c1-2-14-28-21(29(23,26)27,24-12-4-3-5-13-24)19-11-8-17(15-20(19)25)16-6-9-18(22)10-7-16/h3-4,6-11,15,25H,2,5,12-14H2,1H3,(H2,23,26,27). The van der Waals surface area contributed by atoms with E-state index in [-0.39, 0.29) is 23.7 Å². The van der Waals surface area contributed by atoms with E-state index in [1.54, 1.807) is 23.1 Å². The van der Waals surface area contributed by atoms with Crippen LogP contribution in [0.4, 0.5) is 4.39 Å². The van der Waals surface area contributed by atoms with Gasteiger partial charge in [0.15, 0.2) is 0 Å². The van der Waals surface area contributed by atoms with E-state index in [0.29, 0.717) is 37.1 Å². The number of rotatable bonds is 7. The van der Waals surface area contributed by atoms with Crippen molar-refractivity contribution in [2.75, 3.05) is 19.7 Å². The lowest BCUT2D eigenvalue weighted by atomic mass is 10.0. The average Bonchev–Trinajstić information content (AvgIpc) is 2.70. The number of ether oxygens (including phenoxy) is 1. The highest BCUT2D eigenvalue weighted by atomic mass is 32.2. The molecule has 0 fully saturated rings. The van der Waals surface area contributed by atoms with Crippen LogP contribution < -0.4 is 5.14 Å². The summed E-state index contributed by atoms with van der Waals surface area (Å²) in [5, 5.41) is 14.5. The van der Waals surface area contributed by atoms with E-state index in [9.17, 15) is 17.9 Å². The fourth-order valence-electron chi connectivity index (χ4n) is 3.52. The maximum atomic E-state index is 13.2. The lowest BCUT2D eigenvalue weighted by Crippen LogP contribution is -2.57. The Hall–Kier alpha value is -2.26. The molecule has 0 radical (unpaired) electrons. The van der Waals surface area contributed by atoms with E-state index in [1.807, 2.05) is 19.1 Å². The van der Waals surface area contributed by atoms with Crippen molar-refractivity contribution < 1.29 is 22.7 Å². The zero-order valence-corrected chi connectivity index (χ0v) is 17.0. The van der Waals surface area contributed by atoms with Crippen LogP contribution in [0.1, 0.15) is 25.3 Å². The number of nitrogens with two attached hydrogens (primary N) is 1. The molecule has 0 amide bonds. The highest BCUT2D eigenvalue weighted by molar-refractivity contribution is 7.89. The molecule has 156 valence electrons. The lowest BCUT2D eigenvalue weighted by Gasteiger charge is -2.42. The van der Waals surface area contributed by atoms with Crippen molar-refractivity contribution in [2.45, 2.75) is 24.8 Å². The minimum atomic E-state index is -4.30. The molecular formula is C21H25FN2O4S. The van der Waals surface area contributed by atoms with Crippen LogP contribution in [0, 0.1) is 5.82 Å². The van der Waals surface area contributed by atoms with Crippen LogP contribution in [-0.2, 0) is 19.8 Å². The summed E-state index contributed by atoms with van der Waals surface area (Å²) in [6, 6.07) is 10.4. The van der Waals surface area contributed by atoms with Crippen LogP contribution in [0.2, 0.25) is 0 Å². The molecule has 0 saturated heterocycles. The summed E-state index contributed by atoms with van der Waals surface area (Å²) < 4.78 is 44.8. The van der Waals surface area contributed by atoms with Gasteiger partial charge >= 0.3 is 0 Å². The highest BCUT2D eigenvalue weighted by Crippen LogP contribution is 2.41. The van der Waals surface area contributed by atoms with E-state index in [0.717, 1.165) is 0 Å². The lowest BCUT2D eigenvalue weighted by molar-refractivity contribution is -0.0985. The molecule has 29 heavy (non-hydrogen) atoms. The van der Waals surface area contributed by atoms with Gasteiger partial charge in [-0.05, 0) is 48.2 Å². The molecule has 1 atom stereocenters. The molecule has 1 heterocycles. The molecule has 2 aromatic carbocycles. The quantitative estimate of drug-likeness (QED) is 0.671. The third-order valence-corrected chi connectivity index (χ3v) is 6.24. The Balaban J connectivity index is 2.14. The Morgan fingerprint density at radius 3 is 2.41 bits per heavy atom. The number of halogens is 1. The van der Waals surface area contributed by atoms with Crippen molar-refractivity contribution in [3.63, 3.8) is 0 Å². The first-order valence-corrected chi connectivity index (χ1v) is 11.0. The average molecular weight is 421 g/mol. The second-order valence-corrected chi connectivity index (χ2v) is 8.56. The van der Waals surface area contributed by atoms with Gasteiger partial charge in [0.1, 0.15) is 11.6 Å². The molecule has 8 heteroatoms. The van der Waals surface area contributed by atoms with Crippen LogP contribution in [-0.4, -0.2) is 38.1 Å². The fourth-order valence-corrected chi connectivity index (χ4v) is 4.78. The van der Waals surface area contributed by atoms with E-state index < -0.39 is 15.1 Å². The van der Waals surface area contributed by atoms with Gasteiger partial charge in [0, 0.05) is 13.1 Å². The van der Waals surface area contributed by atoms with E-state index in [2.05, 4.69) is 0 Å². The first-order valence-electron chi connectivity index (χ1n) is 9.45.